The first-order valence-corrected chi connectivity index (χ1v) is 9.36. The number of hydrogen-bond acceptors (Lipinski definition) is 5. The lowest BCUT2D eigenvalue weighted by Crippen LogP contribution is -2.13. The predicted molar refractivity (Wildman–Crippen MR) is 99.0 cm³/mol. The Bertz CT molecular complexity index is 858. The van der Waals surface area contributed by atoms with Crippen molar-refractivity contribution in [2.24, 2.45) is 0 Å². The Hall–Kier alpha value is -1.80. The molecule has 0 fully saturated rings. The third kappa shape index (κ3) is 5.88. The Morgan fingerprint density at radius 1 is 1.15 bits per heavy atom. The number of carbonyl (C=O) groups excluding carboxylic acids is 1. The fourth-order valence-corrected chi connectivity index (χ4v) is 2.49. The van der Waals surface area contributed by atoms with Gasteiger partial charge in [0.25, 0.3) is 5.91 Å². The summed E-state index contributed by atoms with van der Waals surface area (Å²) in [5.41, 5.74) is 1.05. The van der Waals surface area contributed by atoms with E-state index < -0.39 is 20.5 Å². The lowest BCUT2D eigenvalue weighted by molar-refractivity contribution is 0.102. The molecule has 0 heterocycles. The molecule has 26 heavy (non-hydrogen) atoms. The summed E-state index contributed by atoms with van der Waals surface area (Å²) in [7, 11) is -3.20. The Morgan fingerprint density at radius 3 is 2.50 bits per heavy atom. The monoisotopic (exact) mass is 420 g/mol. The molecule has 0 bridgehead atoms. The molecule has 0 saturated carbocycles. The van der Waals surface area contributed by atoms with Gasteiger partial charge in [-0.1, -0.05) is 23.2 Å². The van der Waals surface area contributed by atoms with Gasteiger partial charge in [-0.05, 0) is 36.4 Å². The second-order valence-corrected chi connectivity index (χ2v) is 6.99. The van der Waals surface area contributed by atoms with Crippen molar-refractivity contribution >= 4 is 48.3 Å². The summed E-state index contributed by atoms with van der Waals surface area (Å²) in [6.07, 6.45) is 0. The van der Waals surface area contributed by atoms with Crippen LogP contribution < -0.4 is 15.4 Å². The predicted octanol–water partition coefficient (Wildman–Crippen LogP) is 3.73. The van der Waals surface area contributed by atoms with Gasteiger partial charge < -0.3 is 25.2 Å². The average molecular weight is 421 g/mol. The van der Waals surface area contributed by atoms with Crippen molar-refractivity contribution in [2.45, 2.75) is 0 Å². The number of amides is 1. The topological polar surface area (TPSA) is 117 Å². The van der Waals surface area contributed by atoms with Crippen LogP contribution in [0.25, 0.3) is 0 Å². The minimum atomic E-state index is -4.62. The molecular formula is C15H15Cl2N2O6P. The lowest BCUT2D eigenvalue weighted by atomic mass is 10.1. The Labute approximate surface area is 159 Å². The van der Waals surface area contributed by atoms with Crippen molar-refractivity contribution < 1.29 is 28.4 Å². The molecule has 1 amide bonds. The minimum absolute atomic E-state index is 0.274. The summed E-state index contributed by atoms with van der Waals surface area (Å²) >= 11 is 11.7. The smallest absolute Gasteiger partial charge is 0.471 e. The van der Waals surface area contributed by atoms with Crippen LogP contribution in [0.3, 0.4) is 0 Å². The van der Waals surface area contributed by atoms with Crippen molar-refractivity contribution in [2.75, 3.05) is 24.5 Å². The van der Waals surface area contributed by atoms with Crippen LogP contribution in [0.15, 0.2) is 36.4 Å². The molecule has 0 aliphatic heterocycles. The van der Waals surface area contributed by atoms with Crippen LogP contribution in [0, 0.1) is 0 Å². The maximum Gasteiger partial charge on any atom is 0.471 e. The maximum absolute atomic E-state index is 12.4. The number of phosphoric ester groups is 1. The highest BCUT2D eigenvalue weighted by Crippen LogP contribution is 2.36. The Kier molecular flexibility index (Phi) is 6.88. The number of halogens is 2. The van der Waals surface area contributed by atoms with Crippen LogP contribution in [0.4, 0.5) is 11.4 Å². The van der Waals surface area contributed by atoms with Crippen molar-refractivity contribution in [3.8, 4) is 5.75 Å². The Balaban J connectivity index is 2.15. The first-order chi connectivity index (χ1) is 12.2. The van der Waals surface area contributed by atoms with Crippen molar-refractivity contribution in [1.82, 2.24) is 0 Å². The van der Waals surface area contributed by atoms with Crippen LogP contribution in [0.5, 0.6) is 5.75 Å². The van der Waals surface area contributed by atoms with Gasteiger partial charge in [-0.25, -0.2) is 4.57 Å². The third-order valence-corrected chi connectivity index (χ3v) is 4.34. The van der Waals surface area contributed by atoms with Crippen LogP contribution in [-0.2, 0) is 9.09 Å². The number of nitrogens with one attached hydrogen (secondary N) is 2. The van der Waals surface area contributed by atoms with E-state index in [1.54, 1.807) is 12.1 Å². The largest absolute Gasteiger partial charge is 0.495 e. The zero-order valence-electron chi connectivity index (χ0n) is 13.4. The molecule has 2 aromatic rings. The number of methoxy groups -OCH3 is 1. The SMILES string of the molecule is COc1ccc(C(=O)Nc2ccc(Cl)c(Cl)c2)cc1NCOP(=O)(O)O. The van der Waals surface area contributed by atoms with Crippen molar-refractivity contribution in [1.29, 1.82) is 0 Å². The van der Waals surface area contributed by atoms with Gasteiger partial charge in [0.05, 0.1) is 22.8 Å². The van der Waals surface area contributed by atoms with E-state index in [-0.39, 0.29) is 5.56 Å². The van der Waals surface area contributed by atoms with E-state index in [4.69, 9.17) is 37.7 Å². The molecule has 0 saturated heterocycles. The van der Waals surface area contributed by atoms with E-state index in [1.165, 1.54) is 31.4 Å². The van der Waals surface area contributed by atoms with Gasteiger partial charge in [0, 0.05) is 11.3 Å². The quantitative estimate of drug-likeness (QED) is 0.398. The van der Waals surface area contributed by atoms with E-state index in [0.29, 0.717) is 27.2 Å². The van der Waals surface area contributed by atoms with E-state index in [9.17, 15) is 9.36 Å². The molecular weight excluding hydrogens is 406 g/mol. The van der Waals surface area contributed by atoms with Gasteiger partial charge in [-0.3, -0.25) is 9.32 Å². The number of phosphoric acid groups is 1. The molecule has 0 unspecified atom stereocenters. The fourth-order valence-electron chi connectivity index (χ4n) is 1.96. The molecule has 0 atom stereocenters. The fraction of sp³-hybridized carbons (Fsp3) is 0.133. The van der Waals surface area contributed by atoms with Crippen LogP contribution >= 0.6 is 31.0 Å². The van der Waals surface area contributed by atoms with Crippen LogP contribution in [0.2, 0.25) is 10.0 Å². The molecule has 0 aromatic heterocycles. The summed E-state index contributed by atoms with van der Waals surface area (Å²) in [6, 6.07) is 9.18. The highest BCUT2D eigenvalue weighted by Gasteiger charge is 2.15. The molecule has 0 aliphatic carbocycles. The van der Waals surface area contributed by atoms with Gasteiger partial charge >= 0.3 is 7.82 Å². The Morgan fingerprint density at radius 2 is 1.88 bits per heavy atom. The summed E-state index contributed by atoms with van der Waals surface area (Å²) in [4.78, 5) is 29.8. The molecule has 0 spiro atoms. The summed E-state index contributed by atoms with van der Waals surface area (Å²) in [5, 5.41) is 5.97. The summed E-state index contributed by atoms with van der Waals surface area (Å²) in [5.74, 6) is -0.0598. The van der Waals surface area contributed by atoms with Gasteiger partial charge in [0.1, 0.15) is 12.5 Å². The number of rotatable bonds is 7. The standard InChI is InChI=1S/C15H15Cl2N2O6P/c1-24-14-5-2-9(6-13(14)18-8-25-26(21,22)23)15(20)19-10-3-4-11(16)12(17)7-10/h2-7,18H,8H2,1H3,(H,19,20)(H2,21,22,23). The molecule has 4 N–H and O–H groups in total. The zero-order valence-corrected chi connectivity index (χ0v) is 15.8. The van der Waals surface area contributed by atoms with E-state index in [1.807, 2.05) is 0 Å². The third-order valence-electron chi connectivity index (χ3n) is 3.13. The van der Waals surface area contributed by atoms with Crippen molar-refractivity contribution in [3.05, 3.63) is 52.0 Å². The summed E-state index contributed by atoms with van der Waals surface area (Å²) < 4.78 is 20.2. The molecule has 140 valence electrons. The van der Waals surface area contributed by atoms with Crippen LogP contribution in [0.1, 0.15) is 10.4 Å². The number of benzene rings is 2. The summed E-state index contributed by atoms with van der Waals surface area (Å²) in [6.45, 7) is -0.474. The van der Waals surface area contributed by atoms with Gasteiger partial charge in [0.15, 0.2) is 0 Å². The second-order valence-electron chi connectivity index (χ2n) is 4.94. The van der Waals surface area contributed by atoms with Crippen molar-refractivity contribution in [3.63, 3.8) is 0 Å². The van der Waals surface area contributed by atoms with Gasteiger partial charge in [-0.2, -0.15) is 0 Å². The van der Waals surface area contributed by atoms with E-state index in [2.05, 4.69) is 15.2 Å². The number of ether oxygens (including phenoxy) is 1. The molecule has 0 radical (unpaired) electrons. The molecule has 11 heteroatoms. The number of carbonyl (C=O) groups is 1. The number of hydrogen-bond donors (Lipinski definition) is 4. The highest BCUT2D eigenvalue weighted by atomic mass is 35.5. The normalized spacial score (nSPS) is 11.1. The van der Waals surface area contributed by atoms with Gasteiger partial charge in [-0.15, -0.1) is 0 Å². The molecule has 2 rings (SSSR count). The minimum Gasteiger partial charge on any atom is -0.495 e. The zero-order chi connectivity index (χ0) is 19.3. The van der Waals surface area contributed by atoms with E-state index >= 15 is 0 Å². The maximum atomic E-state index is 12.4. The van der Waals surface area contributed by atoms with Gasteiger partial charge in [0.2, 0.25) is 0 Å². The number of anilines is 2. The molecule has 2 aromatic carbocycles. The average Bonchev–Trinajstić information content (AvgIpc) is 2.57. The molecule has 8 nitrogen and oxygen atoms in total. The first-order valence-electron chi connectivity index (χ1n) is 7.08. The second kappa shape index (κ2) is 8.73. The lowest BCUT2D eigenvalue weighted by Gasteiger charge is -2.13. The first kappa shape index (κ1) is 20.5. The van der Waals surface area contributed by atoms with Crippen LogP contribution in [-0.4, -0.2) is 29.5 Å². The van der Waals surface area contributed by atoms with E-state index in [0.717, 1.165) is 0 Å². The highest BCUT2D eigenvalue weighted by molar-refractivity contribution is 7.46. The molecule has 0 aliphatic rings.